The van der Waals surface area contributed by atoms with E-state index in [4.69, 9.17) is 9.47 Å². The number of nitrogens with zero attached hydrogens (tertiary/aromatic N) is 1. The Labute approximate surface area is 250 Å². The lowest BCUT2D eigenvalue weighted by molar-refractivity contribution is -0.0312. The van der Waals surface area contributed by atoms with Crippen molar-refractivity contribution in [1.29, 1.82) is 0 Å². The fourth-order valence-electron chi connectivity index (χ4n) is 5.48. The Hall–Kier alpha value is -2.72. The van der Waals surface area contributed by atoms with Gasteiger partial charge in [0.25, 0.3) is 6.43 Å². The molecule has 0 aromatic heterocycles. The van der Waals surface area contributed by atoms with E-state index in [0.29, 0.717) is 39.0 Å². The van der Waals surface area contributed by atoms with Gasteiger partial charge in [0.1, 0.15) is 18.5 Å². The molecule has 3 N–H and O–H groups in total. The van der Waals surface area contributed by atoms with Crippen molar-refractivity contribution >= 4 is 30.8 Å². The van der Waals surface area contributed by atoms with Gasteiger partial charge < -0.3 is 19.9 Å². The molecule has 0 aliphatic carbocycles. The van der Waals surface area contributed by atoms with Crippen LogP contribution in [0.1, 0.15) is 19.3 Å². The van der Waals surface area contributed by atoms with Crippen LogP contribution >= 0.6 is 0 Å². The van der Waals surface area contributed by atoms with Gasteiger partial charge in [0.2, 0.25) is 20.0 Å². The lowest BCUT2D eigenvalue weighted by Gasteiger charge is -2.38. The monoisotopic (exact) mass is 639 g/mol. The van der Waals surface area contributed by atoms with Gasteiger partial charge in [-0.15, -0.1) is 0 Å². The molecule has 0 saturated carbocycles. The van der Waals surface area contributed by atoms with Crippen LogP contribution in [0.3, 0.4) is 0 Å². The molecule has 0 radical (unpaired) electrons. The molecule has 2 unspecified atom stereocenters. The molecule has 2 heterocycles. The van der Waals surface area contributed by atoms with Gasteiger partial charge in [0.05, 0.1) is 28.5 Å². The second-order valence-electron chi connectivity index (χ2n) is 10.9. The minimum atomic E-state index is -4.12. The number of hydrogen-bond acceptors (Lipinski definition) is 8. The number of sulfonamides is 2. The van der Waals surface area contributed by atoms with Crippen molar-refractivity contribution in [3.8, 4) is 5.75 Å². The van der Waals surface area contributed by atoms with Gasteiger partial charge in [0.15, 0.2) is 0 Å². The molecule has 2 aliphatic rings. The summed E-state index contributed by atoms with van der Waals surface area (Å²) in [6.45, 7) is 0.209. The van der Waals surface area contributed by atoms with Gasteiger partial charge >= 0.3 is 0 Å². The Morgan fingerprint density at radius 3 is 2.44 bits per heavy atom. The van der Waals surface area contributed by atoms with E-state index in [0.717, 1.165) is 10.8 Å². The zero-order valence-corrected chi connectivity index (χ0v) is 25.0. The number of fused-ring (bicyclic) bond motifs is 1. The minimum Gasteiger partial charge on any atom is -0.491 e. The van der Waals surface area contributed by atoms with Crippen LogP contribution in [0, 0.1) is 0 Å². The average molecular weight is 640 g/mol. The molecule has 0 amide bonds. The number of alkyl halides is 2. The predicted octanol–water partition coefficient (Wildman–Crippen LogP) is 2.72. The van der Waals surface area contributed by atoms with Crippen LogP contribution in [-0.2, 0) is 24.8 Å². The number of benzene rings is 3. The van der Waals surface area contributed by atoms with E-state index < -0.39 is 44.7 Å². The third-order valence-corrected chi connectivity index (χ3v) is 11.1. The largest absolute Gasteiger partial charge is 0.491 e. The molecule has 10 nitrogen and oxygen atoms in total. The molecule has 43 heavy (non-hydrogen) atoms. The number of halogens is 2. The number of hydrogen-bond donors (Lipinski definition) is 3. The highest BCUT2D eigenvalue weighted by atomic mass is 32.2. The SMILES string of the molecule is O=S(=O)(NCC(F)F)c1cccc(OCC(O)CNC2COC3(CCN(S(=O)(=O)c4ccc5ccccc5c4)CC3)C2)c1. The number of ether oxygens (including phenoxy) is 2. The van der Waals surface area contributed by atoms with Crippen molar-refractivity contribution in [3.05, 3.63) is 66.7 Å². The molecule has 5 rings (SSSR count). The molecule has 2 fully saturated rings. The van der Waals surface area contributed by atoms with E-state index in [9.17, 15) is 30.7 Å². The zero-order valence-electron chi connectivity index (χ0n) is 23.4. The Kier molecular flexibility index (Phi) is 9.66. The first-order valence-corrected chi connectivity index (χ1v) is 16.9. The Bertz CT molecular complexity index is 1630. The molecule has 14 heteroatoms. The van der Waals surface area contributed by atoms with Gasteiger partial charge in [-0.25, -0.2) is 30.3 Å². The average Bonchev–Trinajstić information content (AvgIpc) is 3.40. The van der Waals surface area contributed by atoms with Crippen LogP contribution in [0.25, 0.3) is 10.8 Å². The molecular weight excluding hydrogens is 604 g/mol. The predicted molar refractivity (Wildman–Crippen MR) is 156 cm³/mol. The lowest BCUT2D eigenvalue weighted by Crippen LogP contribution is -2.47. The molecule has 2 aliphatic heterocycles. The molecule has 2 saturated heterocycles. The van der Waals surface area contributed by atoms with Crippen molar-refractivity contribution in [2.45, 2.75) is 53.2 Å². The normalized spacial score (nSPS) is 20.1. The van der Waals surface area contributed by atoms with Crippen LogP contribution in [0.2, 0.25) is 0 Å². The van der Waals surface area contributed by atoms with Gasteiger partial charge in [0, 0.05) is 31.7 Å². The highest BCUT2D eigenvalue weighted by molar-refractivity contribution is 7.89. The summed E-state index contributed by atoms with van der Waals surface area (Å²) in [4.78, 5) is 0.0600. The van der Waals surface area contributed by atoms with Crippen LogP contribution in [0.4, 0.5) is 8.78 Å². The van der Waals surface area contributed by atoms with E-state index in [1.54, 1.807) is 12.1 Å². The molecule has 3 aromatic rings. The third-order valence-electron chi connectivity index (χ3n) is 7.83. The highest BCUT2D eigenvalue weighted by Gasteiger charge is 2.44. The van der Waals surface area contributed by atoms with Gasteiger partial charge in [-0.1, -0.05) is 36.4 Å². The Morgan fingerprint density at radius 1 is 0.953 bits per heavy atom. The standard InChI is InChI=1S/C29H35F2N3O7S2/c30-28(31)18-33-42(36,37)26-7-3-6-25(15-26)40-20-24(35)17-32-23-16-29(41-19-23)10-12-34(13-11-29)43(38,39)27-9-8-21-4-1-2-5-22(21)14-27/h1-9,14-15,23-24,28,32-33,35H,10-13,16-20H2. The summed E-state index contributed by atoms with van der Waals surface area (Å²) in [6, 6.07) is 18.2. The summed E-state index contributed by atoms with van der Waals surface area (Å²) in [5.41, 5.74) is -0.432. The smallest absolute Gasteiger partial charge is 0.251 e. The first kappa shape index (κ1) is 31.7. The van der Waals surface area contributed by atoms with Gasteiger partial charge in [-0.05, 0) is 54.3 Å². The third kappa shape index (κ3) is 7.69. The minimum absolute atomic E-state index is 0.0346. The Balaban J connectivity index is 1.07. The van der Waals surface area contributed by atoms with Crippen molar-refractivity contribution < 1.29 is 40.2 Å². The van der Waals surface area contributed by atoms with Gasteiger partial charge in [-0.2, -0.15) is 4.31 Å². The van der Waals surface area contributed by atoms with Crippen molar-refractivity contribution in [1.82, 2.24) is 14.3 Å². The maximum absolute atomic E-state index is 13.3. The van der Waals surface area contributed by atoms with Crippen molar-refractivity contribution in [2.75, 3.05) is 39.4 Å². The summed E-state index contributed by atoms with van der Waals surface area (Å²) >= 11 is 0. The number of rotatable bonds is 12. The van der Waals surface area contributed by atoms with Gasteiger partial charge in [-0.3, -0.25) is 0 Å². The topological polar surface area (TPSA) is 134 Å². The van der Waals surface area contributed by atoms with Crippen molar-refractivity contribution in [3.63, 3.8) is 0 Å². The number of aliphatic hydroxyl groups excluding tert-OH is 1. The first-order valence-electron chi connectivity index (χ1n) is 14.0. The van der Waals surface area contributed by atoms with E-state index in [1.807, 2.05) is 35.1 Å². The molecule has 3 aromatic carbocycles. The molecular formula is C29H35F2N3O7S2. The zero-order chi connectivity index (χ0) is 30.7. The fourth-order valence-corrected chi connectivity index (χ4v) is 7.99. The fraction of sp³-hybridized carbons (Fsp3) is 0.448. The number of nitrogens with one attached hydrogen (secondary N) is 2. The number of aliphatic hydroxyl groups is 1. The van der Waals surface area contributed by atoms with Crippen LogP contribution in [0.5, 0.6) is 5.75 Å². The Morgan fingerprint density at radius 2 is 1.70 bits per heavy atom. The first-order chi connectivity index (χ1) is 20.5. The second-order valence-corrected chi connectivity index (χ2v) is 14.6. The van der Waals surface area contributed by atoms with Crippen LogP contribution < -0.4 is 14.8 Å². The maximum atomic E-state index is 13.3. The second kappa shape index (κ2) is 13.1. The molecule has 1 spiro atoms. The summed E-state index contributed by atoms with van der Waals surface area (Å²) in [5.74, 6) is 0.174. The van der Waals surface area contributed by atoms with Crippen LogP contribution in [0.15, 0.2) is 76.5 Å². The lowest BCUT2D eigenvalue weighted by atomic mass is 9.88. The molecule has 0 bridgehead atoms. The summed E-state index contributed by atoms with van der Waals surface area (Å²) in [7, 11) is -7.75. The summed E-state index contributed by atoms with van der Waals surface area (Å²) < 4.78 is 90.8. The van der Waals surface area contributed by atoms with E-state index in [2.05, 4.69) is 5.32 Å². The van der Waals surface area contributed by atoms with Crippen molar-refractivity contribution in [2.24, 2.45) is 0 Å². The molecule has 2 atom stereocenters. The van der Waals surface area contributed by atoms with E-state index in [1.165, 1.54) is 28.6 Å². The maximum Gasteiger partial charge on any atom is 0.251 e. The quantitative estimate of drug-likeness (QED) is 0.276. The molecule has 234 valence electrons. The highest BCUT2D eigenvalue weighted by Crippen LogP contribution is 2.37. The number of piperidine rings is 1. The summed E-state index contributed by atoms with van der Waals surface area (Å²) in [5, 5.41) is 15.6. The van der Waals surface area contributed by atoms with E-state index >= 15 is 0 Å². The van der Waals surface area contributed by atoms with Crippen LogP contribution in [-0.4, -0.2) is 89.8 Å². The summed E-state index contributed by atoms with van der Waals surface area (Å²) in [6.07, 6.45) is -1.93. The van der Waals surface area contributed by atoms with E-state index in [-0.39, 0.29) is 34.7 Å².